The van der Waals surface area contributed by atoms with Crippen LogP contribution in [0.5, 0.6) is 0 Å². The molecule has 0 aliphatic rings. The fourth-order valence-corrected chi connectivity index (χ4v) is 1.69. The van der Waals surface area contributed by atoms with Crippen LogP contribution in [0.15, 0.2) is 0 Å². The Labute approximate surface area is 117 Å². The minimum Gasteiger partial charge on any atom is -0.452 e. The van der Waals surface area contributed by atoms with E-state index in [2.05, 4.69) is 59.9 Å². The Bertz CT molecular complexity index is 101. The summed E-state index contributed by atoms with van der Waals surface area (Å²) in [5, 5.41) is 0. The molecule has 0 spiro atoms. The summed E-state index contributed by atoms with van der Waals surface area (Å²) in [5.74, 6) is 0. The van der Waals surface area contributed by atoms with Gasteiger partial charge >= 0.3 is 18.9 Å². The molecule has 0 aromatic rings. The maximum atomic E-state index is 2.33. The van der Waals surface area contributed by atoms with Gasteiger partial charge in [0, 0.05) is 0 Å². The van der Waals surface area contributed by atoms with Gasteiger partial charge in [0.2, 0.25) is 0 Å². The molecule has 0 aliphatic heterocycles. The summed E-state index contributed by atoms with van der Waals surface area (Å²) < 4.78 is 0. The Morgan fingerprint density at radius 3 is 1.25 bits per heavy atom. The van der Waals surface area contributed by atoms with Gasteiger partial charge in [-0.3, -0.25) is 6.54 Å². The predicted octanol–water partition coefficient (Wildman–Crippen LogP) is 1.88. The Kier molecular flexibility index (Phi) is 21.2. The Balaban J connectivity index is -0.000000214. The van der Waals surface area contributed by atoms with Crippen LogP contribution in [0, 0.1) is 6.54 Å². The zero-order valence-corrected chi connectivity index (χ0v) is 13.0. The molecular weight excluding hydrogens is 189 g/mol. The monoisotopic (exact) mass is 221 g/mol. The van der Waals surface area contributed by atoms with Crippen LogP contribution in [0.1, 0.15) is 74.1 Å². The van der Waals surface area contributed by atoms with Crippen LogP contribution >= 0.6 is 0 Å². The molecule has 0 fully saturated rings. The molecule has 0 aromatic carbocycles. The molecule has 0 rings (SSSR count). The van der Waals surface area contributed by atoms with Crippen molar-refractivity contribution in [1.29, 1.82) is 0 Å². The van der Waals surface area contributed by atoms with Crippen molar-refractivity contribution in [3.05, 3.63) is 6.54 Å². The molecule has 0 saturated heterocycles. The molecule has 0 amide bonds. The van der Waals surface area contributed by atoms with Crippen LogP contribution in [-0.2, 0) is 0 Å². The second-order valence-corrected chi connectivity index (χ2v) is 4.60. The fourth-order valence-electron chi connectivity index (χ4n) is 1.69. The van der Waals surface area contributed by atoms with E-state index in [0.29, 0.717) is 12.1 Å². The molecule has 16 heavy (non-hydrogen) atoms. The summed E-state index contributed by atoms with van der Waals surface area (Å²) in [5.41, 5.74) is 0. The third-order valence-corrected chi connectivity index (χ3v) is 2.45. The molecule has 0 saturated carbocycles. The van der Waals surface area contributed by atoms with Gasteiger partial charge in [0.25, 0.3) is 0 Å². The van der Waals surface area contributed by atoms with Gasteiger partial charge in [0.15, 0.2) is 0 Å². The van der Waals surface area contributed by atoms with Crippen molar-refractivity contribution in [2.75, 3.05) is 0 Å². The van der Waals surface area contributed by atoms with E-state index in [9.17, 15) is 0 Å². The number of unbranched alkanes of at least 4 members (excludes halogenated alkanes) is 3. The van der Waals surface area contributed by atoms with Crippen LogP contribution in [0.2, 0.25) is 0 Å². The zero-order chi connectivity index (χ0) is 12.3. The third-order valence-electron chi connectivity index (χ3n) is 2.45. The number of rotatable bonds is 6. The summed E-state index contributed by atoms with van der Waals surface area (Å²) >= 11 is 0. The van der Waals surface area contributed by atoms with Gasteiger partial charge in [0.1, 0.15) is 0 Å². The molecule has 94 valence electrons. The molecule has 0 radical (unpaired) electrons. The Hall–Kier alpha value is 0.557. The topological polar surface area (TPSA) is 3.24 Å². The van der Waals surface area contributed by atoms with Crippen molar-refractivity contribution in [2.45, 2.75) is 86.2 Å². The number of nitrogens with zero attached hydrogens (tertiary/aromatic N) is 1. The summed E-state index contributed by atoms with van der Waals surface area (Å²) in [6.07, 6.45) is 5.54. The van der Waals surface area contributed by atoms with Crippen molar-refractivity contribution < 1.29 is 18.9 Å². The van der Waals surface area contributed by atoms with E-state index in [4.69, 9.17) is 0 Å². The molecule has 0 aliphatic carbocycles. The van der Waals surface area contributed by atoms with E-state index < -0.39 is 0 Å². The first-order valence-corrected chi connectivity index (χ1v) is 6.58. The molecule has 0 atom stereocenters. The molecule has 2 heteroatoms. The minimum absolute atomic E-state index is 0. The minimum atomic E-state index is 0. The van der Waals surface area contributed by atoms with E-state index in [0.717, 1.165) is 0 Å². The van der Waals surface area contributed by atoms with Gasteiger partial charge in [-0.15, -0.1) is 0 Å². The van der Waals surface area contributed by atoms with Gasteiger partial charge in [-0.05, 0) is 12.1 Å². The molecule has 0 N–H and O–H groups in total. The molecule has 0 bridgehead atoms. The molecule has 0 aromatic heterocycles. The second kappa shape index (κ2) is 15.6. The van der Waals surface area contributed by atoms with Crippen LogP contribution in [0.4, 0.5) is 0 Å². The standard InChI is InChI=1S/C8H18N.C6H14.Li/c1-6-9(7(2)3)8(4)5;1-3-5-6-4-2;/h6-8H,1-5H3;3-6H2,1-2H3;/q-1;;+1. The smallest absolute Gasteiger partial charge is 0.452 e. The number of hydrogen-bond donors (Lipinski definition) is 0. The van der Waals surface area contributed by atoms with Crippen LogP contribution < -0.4 is 18.9 Å². The van der Waals surface area contributed by atoms with E-state index >= 15 is 0 Å². The van der Waals surface area contributed by atoms with Crippen molar-refractivity contribution in [3.8, 4) is 0 Å². The third kappa shape index (κ3) is 14.6. The van der Waals surface area contributed by atoms with Gasteiger partial charge in [-0.1, -0.05) is 67.2 Å². The summed E-state index contributed by atoms with van der Waals surface area (Å²) in [6, 6.07) is 1.27. The predicted molar refractivity (Wildman–Crippen MR) is 71.9 cm³/mol. The Morgan fingerprint density at radius 2 is 1.19 bits per heavy atom. The van der Waals surface area contributed by atoms with Crippen molar-refractivity contribution >= 4 is 0 Å². The maximum absolute atomic E-state index is 2.33. The summed E-state index contributed by atoms with van der Waals surface area (Å²) in [6.45, 7) is 17.5. The molecule has 0 unspecified atom stereocenters. The second-order valence-electron chi connectivity index (χ2n) is 4.60. The van der Waals surface area contributed by atoms with Crippen molar-refractivity contribution in [1.82, 2.24) is 4.90 Å². The van der Waals surface area contributed by atoms with E-state index in [1.165, 1.54) is 25.7 Å². The average molecular weight is 221 g/mol. The molecule has 1 nitrogen and oxygen atoms in total. The van der Waals surface area contributed by atoms with Gasteiger partial charge in [-0.2, -0.15) is 6.92 Å². The van der Waals surface area contributed by atoms with Crippen molar-refractivity contribution in [3.63, 3.8) is 0 Å². The average Bonchev–Trinajstić information content (AvgIpc) is 2.15. The SMILES string of the molecule is CCCCCC.C[CH-]N(C(C)C)C(C)C.[Li+]. The molecule has 0 heterocycles. The van der Waals surface area contributed by atoms with Crippen molar-refractivity contribution in [2.24, 2.45) is 0 Å². The summed E-state index contributed by atoms with van der Waals surface area (Å²) in [4.78, 5) is 2.33. The van der Waals surface area contributed by atoms with Gasteiger partial charge in [0.05, 0.1) is 0 Å². The van der Waals surface area contributed by atoms with Crippen LogP contribution in [0.3, 0.4) is 0 Å². The van der Waals surface area contributed by atoms with E-state index in [1.807, 2.05) is 0 Å². The van der Waals surface area contributed by atoms with Gasteiger partial charge in [-0.25, -0.2) is 0 Å². The first kappa shape index (κ1) is 21.8. The maximum Gasteiger partial charge on any atom is 1.00 e. The first-order chi connectivity index (χ1) is 7.01. The van der Waals surface area contributed by atoms with Gasteiger partial charge < -0.3 is 4.90 Å². The zero-order valence-electron chi connectivity index (χ0n) is 13.0. The quantitative estimate of drug-likeness (QED) is 0.376. The largest absolute Gasteiger partial charge is 1.00 e. The first-order valence-electron chi connectivity index (χ1n) is 6.58. The van der Waals surface area contributed by atoms with Crippen LogP contribution in [0.25, 0.3) is 0 Å². The summed E-state index contributed by atoms with van der Waals surface area (Å²) in [7, 11) is 0. The molecular formula is C14H32LiN. The van der Waals surface area contributed by atoms with E-state index in [-0.39, 0.29) is 18.9 Å². The normalized spacial score (nSPS) is 10.1. The Morgan fingerprint density at radius 1 is 0.875 bits per heavy atom. The van der Waals surface area contributed by atoms with Crippen LogP contribution in [-0.4, -0.2) is 17.0 Å². The number of hydrogen-bond acceptors (Lipinski definition) is 1. The fraction of sp³-hybridized carbons (Fsp3) is 0.929. The van der Waals surface area contributed by atoms with E-state index in [1.54, 1.807) is 0 Å².